The third kappa shape index (κ3) is 3.82. The molecule has 1 aliphatic carbocycles. The summed E-state index contributed by atoms with van der Waals surface area (Å²) in [6, 6.07) is 3.10. The van der Waals surface area contributed by atoms with Gasteiger partial charge >= 0.3 is 0 Å². The molecule has 7 nitrogen and oxygen atoms in total. The first-order valence-corrected chi connectivity index (χ1v) is 6.68. The number of anilines is 1. The summed E-state index contributed by atoms with van der Waals surface area (Å²) in [6.45, 7) is 0.698. The van der Waals surface area contributed by atoms with Gasteiger partial charge in [0.15, 0.2) is 0 Å². The highest BCUT2D eigenvalue weighted by Crippen LogP contribution is 2.28. The summed E-state index contributed by atoms with van der Waals surface area (Å²) in [5.74, 6) is 5.37. The van der Waals surface area contributed by atoms with E-state index in [-0.39, 0.29) is 22.5 Å². The summed E-state index contributed by atoms with van der Waals surface area (Å²) >= 11 is 5.90. The molecule has 2 amide bonds. The highest BCUT2D eigenvalue weighted by molar-refractivity contribution is 6.33. The average molecular weight is 298 g/mol. The van der Waals surface area contributed by atoms with Crippen LogP contribution < -0.4 is 21.9 Å². The van der Waals surface area contributed by atoms with Gasteiger partial charge in [-0.05, 0) is 25.0 Å². The van der Waals surface area contributed by atoms with E-state index >= 15 is 0 Å². The zero-order chi connectivity index (χ0) is 14.5. The predicted molar refractivity (Wildman–Crippen MR) is 75.1 cm³/mol. The Morgan fingerprint density at radius 2 is 2.00 bits per heavy atom. The number of nitrogens with zero attached hydrogens (tertiary/aromatic N) is 1. The Morgan fingerprint density at radius 3 is 2.65 bits per heavy atom. The maximum atomic E-state index is 11.9. The van der Waals surface area contributed by atoms with Crippen LogP contribution in [0.25, 0.3) is 0 Å². The topological polar surface area (TPSA) is 109 Å². The molecule has 5 N–H and O–H groups in total. The van der Waals surface area contributed by atoms with Crippen LogP contribution in [0.2, 0.25) is 5.02 Å². The van der Waals surface area contributed by atoms with Crippen LogP contribution in [-0.4, -0.2) is 29.9 Å². The van der Waals surface area contributed by atoms with Crippen molar-refractivity contribution in [2.75, 3.05) is 18.5 Å². The number of nitrogens with two attached hydrogens (primary N) is 1. The minimum absolute atomic E-state index is 0.0461. The van der Waals surface area contributed by atoms with Gasteiger partial charge in [-0.25, -0.2) is 10.8 Å². The Morgan fingerprint density at radius 1 is 1.30 bits per heavy atom. The van der Waals surface area contributed by atoms with Crippen molar-refractivity contribution < 1.29 is 9.59 Å². The summed E-state index contributed by atoms with van der Waals surface area (Å²) in [5.41, 5.74) is 2.44. The number of hydrogen-bond donors (Lipinski definition) is 4. The van der Waals surface area contributed by atoms with Crippen LogP contribution in [0.3, 0.4) is 0 Å². The summed E-state index contributed by atoms with van der Waals surface area (Å²) in [4.78, 5) is 27.2. The number of halogens is 1. The van der Waals surface area contributed by atoms with Crippen molar-refractivity contribution in [3.05, 3.63) is 22.8 Å². The van der Waals surface area contributed by atoms with Gasteiger partial charge in [-0.3, -0.25) is 9.59 Å². The van der Waals surface area contributed by atoms with E-state index in [0.29, 0.717) is 18.9 Å². The Kier molecular flexibility index (Phi) is 4.75. The Labute approximate surface area is 121 Å². The predicted octanol–water partition coefficient (Wildman–Crippen LogP) is 0.277. The number of amides is 2. The van der Waals surface area contributed by atoms with Gasteiger partial charge in [0, 0.05) is 19.0 Å². The molecule has 0 aliphatic heterocycles. The number of nitrogens with one attached hydrogen (secondary N) is 3. The fourth-order valence-electron chi connectivity index (χ4n) is 1.62. The quantitative estimate of drug-likeness (QED) is 0.342. The summed E-state index contributed by atoms with van der Waals surface area (Å²) in [7, 11) is 0. The van der Waals surface area contributed by atoms with Crippen LogP contribution in [0.5, 0.6) is 0 Å². The third-order valence-electron chi connectivity index (χ3n) is 2.87. The lowest BCUT2D eigenvalue weighted by Crippen LogP contribution is -2.35. The van der Waals surface area contributed by atoms with Gasteiger partial charge in [0.2, 0.25) is 5.91 Å². The van der Waals surface area contributed by atoms with Crippen LogP contribution in [0.4, 0.5) is 5.82 Å². The number of hydrogen-bond acceptors (Lipinski definition) is 5. The van der Waals surface area contributed by atoms with Gasteiger partial charge in [-0.2, -0.15) is 0 Å². The number of carbonyl (C=O) groups excluding carboxylic acids is 2. The highest BCUT2D eigenvalue weighted by atomic mass is 35.5. The van der Waals surface area contributed by atoms with Gasteiger partial charge < -0.3 is 16.1 Å². The normalized spacial score (nSPS) is 13.7. The highest BCUT2D eigenvalue weighted by Gasteiger charge is 2.29. The van der Waals surface area contributed by atoms with E-state index in [4.69, 9.17) is 17.4 Å². The monoisotopic (exact) mass is 297 g/mol. The molecule has 0 bridgehead atoms. The van der Waals surface area contributed by atoms with Crippen molar-refractivity contribution in [3.63, 3.8) is 0 Å². The van der Waals surface area contributed by atoms with Gasteiger partial charge in [0.25, 0.3) is 5.91 Å². The van der Waals surface area contributed by atoms with E-state index in [2.05, 4.69) is 21.0 Å². The van der Waals surface area contributed by atoms with E-state index in [9.17, 15) is 9.59 Å². The van der Waals surface area contributed by atoms with Crippen LogP contribution in [-0.2, 0) is 4.79 Å². The van der Waals surface area contributed by atoms with Gasteiger partial charge in [0.05, 0.1) is 5.02 Å². The summed E-state index contributed by atoms with van der Waals surface area (Å²) < 4.78 is 0. The number of pyridine rings is 1. The van der Waals surface area contributed by atoms with Gasteiger partial charge in [-0.1, -0.05) is 11.6 Å². The molecule has 20 heavy (non-hydrogen) atoms. The molecule has 0 atom stereocenters. The van der Waals surface area contributed by atoms with Crippen LogP contribution in [0, 0.1) is 5.92 Å². The van der Waals surface area contributed by atoms with Crippen molar-refractivity contribution >= 4 is 29.2 Å². The molecular formula is C12H16ClN5O2. The van der Waals surface area contributed by atoms with E-state index < -0.39 is 5.91 Å². The van der Waals surface area contributed by atoms with Crippen LogP contribution in [0.1, 0.15) is 23.3 Å². The first kappa shape index (κ1) is 14.5. The number of nitrogen functional groups attached to an aromatic ring is 1. The molecule has 1 aliphatic rings. The maximum absolute atomic E-state index is 11.9. The first-order valence-electron chi connectivity index (χ1n) is 6.31. The molecule has 8 heteroatoms. The number of aromatic nitrogens is 1. The molecule has 108 valence electrons. The third-order valence-corrected chi connectivity index (χ3v) is 3.17. The smallest absolute Gasteiger partial charge is 0.271 e. The van der Waals surface area contributed by atoms with Crippen molar-refractivity contribution in [1.29, 1.82) is 0 Å². The first-order chi connectivity index (χ1) is 9.61. The molecule has 1 fully saturated rings. The lowest BCUT2D eigenvalue weighted by atomic mass is 10.3. The molecule has 1 heterocycles. The second kappa shape index (κ2) is 6.53. The summed E-state index contributed by atoms with van der Waals surface area (Å²) in [6.07, 6.45) is 1.91. The van der Waals surface area contributed by atoms with Crippen molar-refractivity contribution in [1.82, 2.24) is 15.6 Å². The number of hydrazine groups is 1. The molecule has 0 spiro atoms. The lowest BCUT2D eigenvalue weighted by molar-refractivity contribution is -0.122. The zero-order valence-corrected chi connectivity index (χ0v) is 11.5. The van der Waals surface area contributed by atoms with E-state index in [1.54, 1.807) is 6.07 Å². The Balaban J connectivity index is 1.80. The second-order valence-electron chi connectivity index (χ2n) is 4.49. The molecule has 1 aromatic heterocycles. The molecule has 1 aromatic rings. The fraction of sp³-hybridized carbons (Fsp3) is 0.417. The number of carbonyl (C=O) groups is 2. The van der Waals surface area contributed by atoms with Crippen LogP contribution in [0.15, 0.2) is 12.1 Å². The molecule has 0 radical (unpaired) electrons. The van der Waals surface area contributed by atoms with Crippen molar-refractivity contribution in [3.8, 4) is 0 Å². The zero-order valence-electron chi connectivity index (χ0n) is 10.8. The Bertz CT molecular complexity index is 519. The van der Waals surface area contributed by atoms with Gasteiger partial charge in [0.1, 0.15) is 11.5 Å². The SMILES string of the molecule is NNc1ccc(Cl)c(C(=O)NCCNC(=O)C2CC2)n1. The van der Waals surface area contributed by atoms with Crippen molar-refractivity contribution in [2.24, 2.45) is 11.8 Å². The summed E-state index contributed by atoms with van der Waals surface area (Å²) in [5, 5.41) is 5.63. The lowest BCUT2D eigenvalue weighted by Gasteiger charge is -2.08. The average Bonchev–Trinajstić information content (AvgIpc) is 3.28. The number of rotatable bonds is 6. The molecular weight excluding hydrogens is 282 g/mol. The van der Waals surface area contributed by atoms with Gasteiger partial charge in [-0.15, -0.1) is 0 Å². The van der Waals surface area contributed by atoms with E-state index in [0.717, 1.165) is 12.8 Å². The largest absolute Gasteiger partial charge is 0.354 e. The standard InChI is InChI=1S/C12H16ClN5O2/c13-8-3-4-9(18-14)17-10(8)12(20)16-6-5-15-11(19)7-1-2-7/h3-4,7H,1-2,5-6,14H2,(H,15,19)(H,16,20)(H,17,18). The molecule has 0 aromatic carbocycles. The second-order valence-corrected chi connectivity index (χ2v) is 4.90. The molecule has 2 rings (SSSR count). The Hall–Kier alpha value is -1.86. The minimum Gasteiger partial charge on any atom is -0.354 e. The maximum Gasteiger partial charge on any atom is 0.271 e. The molecule has 1 saturated carbocycles. The van der Waals surface area contributed by atoms with E-state index in [1.807, 2.05) is 0 Å². The van der Waals surface area contributed by atoms with Crippen molar-refractivity contribution in [2.45, 2.75) is 12.8 Å². The van der Waals surface area contributed by atoms with E-state index in [1.165, 1.54) is 6.07 Å². The van der Waals surface area contributed by atoms with Crippen LogP contribution >= 0.6 is 11.6 Å². The minimum atomic E-state index is -0.409. The fourth-order valence-corrected chi connectivity index (χ4v) is 1.81. The molecule has 0 saturated heterocycles. The molecule has 0 unspecified atom stereocenters.